The third-order valence-electron chi connectivity index (χ3n) is 3.06. The summed E-state index contributed by atoms with van der Waals surface area (Å²) in [6, 6.07) is 9.23. The van der Waals surface area contributed by atoms with Crippen molar-refractivity contribution in [3.8, 4) is 11.3 Å². The monoisotopic (exact) mass is 430 g/mol. The van der Waals surface area contributed by atoms with E-state index in [0.717, 1.165) is 27.9 Å². The first-order valence-corrected chi connectivity index (χ1v) is 9.70. The number of nitrogens with one attached hydrogen (secondary N) is 1. The number of benzene rings is 2. The maximum Gasteiger partial charge on any atom is 0.263 e. The van der Waals surface area contributed by atoms with E-state index in [1.165, 1.54) is 23.6 Å². The summed E-state index contributed by atoms with van der Waals surface area (Å²) in [4.78, 5) is 4.13. The molecule has 0 fully saturated rings. The maximum atomic E-state index is 13.8. The average Bonchev–Trinajstić information content (AvgIpc) is 2.95. The highest BCUT2D eigenvalue weighted by Crippen LogP contribution is 2.28. The molecular formula is C15H9BrF2N2O2S2. The first kappa shape index (κ1) is 17.0. The van der Waals surface area contributed by atoms with E-state index < -0.39 is 21.7 Å². The Morgan fingerprint density at radius 2 is 1.79 bits per heavy atom. The lowest BCUT2D eigenvalue weighted by Crippen LogP contribution is -2.12. The molecule has 1 heterocycles. The van der Waals surface area contributed by atoms with Crippen LogP contribution in [0.5, 0.6) is 0 Å². The Balaban J connectivity index is 1.87. The smallest absolute Gasteiger partial charge is 0.255 e. The van der Waals surface area contributed by atoms with Crippen molar-refractivity contribution in [2.75, 3.05) is 4.72 Å². The molecule has 2 aromatic carbocycles. The number of thiazole rings is 1. The number of hydrogen-bond donors (Lipinski definition) is 1. The topological polar surface area (TPSA) is 59.1 Å². The van der Waals surface area contributed by atoms with Gasteiger partial charge in [-0.2, -0.15) is 0 Å². The van der Waals surface area contributed by atoms with E-state index in [0.29, 0.717) is 0 Å². The van der Waals surface area contributed by atoms with Crippen LogP contribution in [0.3, 0.4) is 0 Å². The Morgan fingerprint density at radius 1 is 1.08 bits per heavy atom. The zero-order chi connectivity index (χ0) is 17.3. The normalized spacial score (nSPS) is 11.5. The third-order valence-corrected chi connectivity index (χ3v) is 5.83. The van der Waals surface area contributed by atoms with Gasteiger partial charge in [-0.3, -0.25) is 4.72 Å². The van der Waals surface area contributed by atoms with E-state index in [4.69, 9.17) is 0 Å². The van der Waals surface area contributed by atoms with Crippen LogP contribution in [0.2, 0.25) is 0 Å². The SMILES string of the molecule is O=S(=O)(Nc1nc(-c2ccc(F)cc2F)cs1)c1ccc(Br)cc1. The van der Waals surface area contributed by atoms with Crippen LogP contribution in [0, 0.1) is 11.6 Å². The molecule has 4 nitrogen and oxygen atoms in total. The Bertz CT molecular complexity index is 989. The minimum absolute atomic E-state index is 0.0791. The molecule has 24 heavy (non-hydrogen) atoms. The lowest BCUT2D eigenvalue weighted by molar-refractivity contribution is 0.585. The van der Waals surface area contributed by atoms with Crippen molar-refractivity contribution in [1.82, 2.24) is 4.98 Å². The fourth-order valence-corrected chi connectivity index (χ4v) is 4.16. The molecule has 0 saturated carbocycles. The number of nitrogens with zero attached hydrogens (tertiary/aromatic N) is 1. The minimum atomic E-state index is -3.79. The fraction of sp³-hybridized carbons (Fsp3) is 0. The molecule has 0 atom stereocenters. The van der Waals surface area contributed by atoms with Gasteiger partial charge in [0.05, 0.1) is 10.6 Å². The van der Waals surface area contributed by atoms with E-state index >= 15 is 0 Å². The molecule has 0 amide bonds. The Hall–Kier alpha value is -1.84. The highest BCUT2D eigenvalue weighted by Gasteiger charge is 2.17. The lowest BCUT2D eigenvalue weighted by atomic mass is 10.1. The summed E-state index contributed by atoms with van der Waals surface area (Å²) >= 11 is 4.24. The van der Waals surface area contributed by atoms with Crippen LogP contribution in [-0.4, -0.2) is 13.4 Å². The van der Waals surface area contributed by atoms with Gasteiger partial charge in [0.25, 0.3) is 10.0 Å². The molecule has 0 aliphatic carbocycles. The molecule has 124 valence electrons. The minimum Gasteiger partial charge on any atom is -0.255 e. The van der Waals surface area contributed by atoms with Gasteiger partial charge in [-0.15, -0.1) is 11.3 Å². The van der Waals surface area contributed by atoms with Crippen LogP contribution >= 0.6 is 27.3 Å². The van der Waals surface area contributed by atoms with Crippen LogP contribution in [0.4, 0.5) is 13.9 Å². The van der Waals surface area contributed by atoms with Gasteiger partial charge in [0.15, 0.2) is 5.13 Å². The first-order chi connectivity index (χ1) is 11.3. The first-order valence-electron chi connectivity index (χ1n) is 6.54. The van der Waals surface area contributed by atoms with Gasteiger partial charge in [-0.25, -0.2) is 22.2 Å². The van der Waals surface area contributed by atoms with Gasteiger partial charge in [0.2, 0.25) is 0 Å². The average molecular weight is 431 g/mol. The number of halogens is 3. The molecule has 0 bridgehead atoms. The number of sulfonamides is 1. The van der Waals surface area contributed by atoms with Crippen molar-refractivity contribution in [2.45, 2.75) is 4.90 Å². The Morgan fingerprint density at radius 3 is 2.46 bits per heavy atom. The fourth-order valence-electron chi connectivity index (χ4n) is 1.93. The molecule has 1 aromatic heterocycles. The van der Waals surface area contributed by atoms with Crippen molar-refractivity contribution < 1.29 is 17.2 Å². The summed E-state index contributed by atoms with van der Waals surface area (Å²) in [5.74, 6) is -1.45. The number of rotatable bonds is 4. The second-order valence-electron chi connectivity index (χ2n) is 4.72. The zero-order valence-electron chi connectivity index (χ0n) is 11.8. The van der Waals surface area contributed by atoms with E-state index in [9.17, 15) is 17.2 Å². The molecule has 0 saturated heterocycles. The van der Waals surface area contributed by atoms with Crippen LogP contribution in [0.25, 0.3) is 11.3 Å². The summed E-state index contributed by atoms with van der Waals surface area (Å²) in [6.45, 7) is 0. The van der Waals surface area contributed by atoms with E-state index in [1.807, 2.05) is 0 Å². The molecule has 1 N–H and O–H groups in total. The van der Waals surface area contributed by atoms with E-state index in [2.05, 4.69) is 25.6 Å². The highest BCUT2D eigenvalue weighted by atomic mass is 79.9. The van der Waals surface area contributed by atoms with Gasteiger partial charge < -0.3 is 0 Å². The van der Waals surface area contributed by atoms with E-state index in [-0.39, 0.29) is 21.3 Å². The van der Waals surface area contributed by atoms with Crippen LogP contribution in [-0.2, 0) is 10.0 Å². The highest BCUT2D eigenvalue weighted by molar-refractivity contribution is 9.10. The summed E-state index contributed by atoms with van der Waals surface area (Å²) < 4.78 is 54.4. The van der Waals surface area contributed by atoms with Crippen molar-refractivity contribution in [1.29, 1.82) is 0 Å². The van der Waals surface area contributed by atoms with Crippen molar-refractivity contribution >= 4 is 42.4 Å². The van der Waals surface area contributed by atoms with Gasteiger partial charge in [-0.1, -0.05) is 15.9 Å². The van der Waals surface area contributed by atoms with Gasteiger partial charge >= 0.3 is 0 Å². The van der Waals surface area contributed by atoms with Gasteiger partial charge in [0.1, 0.15) is 11.6 Å². The molecular weight excluding hydrogens is 422 g/mol. The van der Waals surface area contributed by atoms with Gasteiger partial charge in [0, 0.05) is 21.5 Å². The summed E-state index contributed by atoms with van der Waals surface area (Å²) in [7, 11) is -3.79. The quantitative estimate of drug-likeness (QED) is 0.654. The molecule has 3 rings (SSSR count). The van der Waals surface area contributed by atoms with Crippen LogP contribution in [0.15, 0.2) is 57.2 Å². The zero-order valence-corrected chi connectivity index (χ0v) is 15.1. The number of hydrogen-bond acceptors (Lipinski definition) is 4. The largest absolute Gasteiger partial charge is 0.263 e. The molecule has 3 aromatic rings. The summed E-state index contributed by atoms with van der Waals surface area (Å²) in [5.41, 5.74) is 0.327. The predicted molar refractivity (Wildman–Crippen MR) is 92.4 cm³/mol. The van der Waals surface area contributed by atoms with Gasteiger partial charge in [-0.05, 0) is 36.4 Å². The van der Waals surface area contributed by atoms with Crippen LogP contribution in [0.1, 0.15) is 0 Å². The second-order valence-corrected chi connectivity index (χ2v) is 8.18. The van der Waals surface area contributed by atoms with Crippen molar-refractivity contribution in [2.24, 2.45) is 0 Å². The molecule has 0 spiro atoms. The number of anilines is 1. The third kappa shape index (κ3) is 3.63. The number of aromatic nitrogens is 1. The summed E-state index contributed by atoms with van der Waals surface area (Å²) in [6.07, 6.45) is 0. The maximum absolute atomic E-state index is 13.8. The molecule has 0 radical (unpaired) electrons. The summed E-state index contributed by atoms with van der Waals surface area (Å²) in [5, 5.41) is 1.59. The van der Waals surface area contributed by atoms with Crippen LogP contribution < -0.4 is 4.72 Å². The predicted octanol–water partition coefficient (Wildman–Crippen LogP) is 4.65. The van der Waals surface area contributed by atoms with Crippen molar-refractivity contribution in [3.05, 3.63) is 64.0 Å². The lowest BCUT2D eigenvalue weighted by Gasteiger charge is -2.05. The second kappa shape index (κ2) is 6.58. The standard InChI is InChI=1S/C15H9BrF2N2O2S2/c16-9-1-4-11(5-2-9)24(21,22)20-15-19-14(8-23-15)12-6-3-10(17)7-13(12)18/h1-8H,(H,19,20). The molecule has 9 heteroatoms. The Kier molecular flexibility index (Phi) is 4.66. The molecule has 0 unspecified atom stereocenters. The molecule has 0 aliphatic heterocycles. The molecule has 0 aliphatic rings. The van der Waals surface area contributed by atoms with Crippen molar-refractivity contribution in [3.63, 3.8) is 0 Å². The van der Waals surface area contributed by atoms with E-state index in [1.54, 1.807) is 12.1 Å². The Labute approximate surface area is 149 Å².